The number of thiazole rings is 1. The van der Waals surface area contributed by atoms with Crippen LogP contribution in [0.4, 0.5) is 4.79 Å². The van der Waals surface area contributed by atoms with E-state index >= 15 is 0 Å². The topological polar surface area (TPSA) is 140 Å². The number of benzene rings is 1. The zero-order chi connectivity index (χ0) is 37.3. The molecule has 6 bridgehead atoms. The summed E-state index contributed by atoms with van der Waals surface area (Å²) in [6.07, 6.45) is 3.54. The zero-order valence-corrected chi connectivity index (χ0v) is 36.5. The Balaban J connectivity index is 0.00000232. The minimum absolute atomic E-state index is 0. The molecule has 2 saturated heterocycles. The lowest BCUT2D eigenvalue weighted by Gasteiger charge is -2.36. The number of hydrazine groups is 1. The molecule has 4 aromatic rings. The number of aromatic nitrogens is 3. The predicted molar refractivity (Wildman–Crippen MR) is 233 cm³/mol. The van der Waals surface area contributed by atoms with Gasteiger partial charge in [0.1, 0.15) is 12.1 Å². The molecule has 3 atom stereocenters. The summed E-state index contributed by atoms with van der Waals surface area (Å²) in [7, 11) is 1.70. The smallest absolute Gasteiger partial charge is 0.324 e. The van der Waals surface area contributed by atoms with Gasteiger partial charge in [-0.15, -0.1) is 11.3 Å². The van der Waals surface area contributed by atoms with Gasteiger partial charge in [-0.05, 0) is 62.9 Å². The van der Waals surface area contributed by atoms with Crippen molar-refractivity contribution in [3.63, 3.8) is 0 Å². The first kappa shape index (κ1) is 45.4. The van der Waals surface area contributed by atoms with Crippen LogP contribution in [0.3, 0.4) is 0 Å². The summed E-state index contributed by atoms with van der Waals surface area (Å²) in [6, 6.07) is 8.59. The molecule has 56 heavy (non-hydrogen) atoms. The summed E-state index contributed by atoms with van der Waals surface area (Å²) >= 11 is 1.46. The number of cyclic esters (lactones) is 1. The van der Waals surface area contributed by atoms with E-state index in [1.54, 1.807) is 18.2 Å². The fraction of sp³-hybridized carbons (Fsp3) is 0.513. The van der Waals surface area contributed by atoms with E-state index in [-0.39, 0.29) is 71.6 Å². The Kier molecular flexibility index (Phi) is 15.7. The standard InChI is InChI=1S/C39H49N7O6S.3H2S/c1-6-45-32-12-11-25-19-27(32)28(35(45)26-9-7-13-40-34(26)24(2)50-5)21-39(3,4)23-52-37(48)29-10-8-14-46(43-29)36(47)30(20-33-41-31(25)22-53-33)42-38(49)44-15-17-51-18-16-44;;;/h7,9,11-13,19,22,24,29-30,43H,6,8,10,14-18,20-21,23H2,1-5H3,(H,42,49);3*1H2/t24-,29-,30-;;;/m0.../s1. The number of morpholine rings is 1. The van der Waals surface area contributed by atoms with Crippen molar-refractivity contribution in [1.29, 1.82) is 0 Å². The minimum atomic E-state index is -0.900. The number of hydrogen-bond acceptors (Lipinski definition) is 10. The maximum Gasteiger partial charge on any atom is 0.324 e. The number of urea groups is 1. The van der Waals surface area contributed by atoms with Crippen LogP contribution in [0.1, 0.15) is 62.9 Å². The van der Waals surface area contributed by atoms with Crippen molar-refractivity contribution in [2.24, 2.45) is 5.41 Å². The second kappa shape index (κ2) is 19.4. The second-order valence-electron chi connectivity index (χ2n) is 14.8. The number of carbonyl (C=O) groups is 3. The first-order valence-electron chi connectivity index (χ1n) is 18.5. The first-order chi connectivity index (χ1) is 25.6. The molecular weight excluding hydrogens is 791 g/mol. The maximum absolute atomic E-state index is 14.1. The number of pyridine rings is 1. The summed E-state index contributed by atoms with van der Waals surface area (Å²) in [6.45, 7) is 11.5. The highest BCUT2D eigenvalue weighted by Crippen LogP contribution is 2.42. The van der Waals surface area contributed by atoms with E-state index in [0.717, 1.165) is 56.2 Å². The molecule has 3 aliphatic heterocycles. The molecule has 306 valence electrons. The van der Waals surface area contributed by atoms with Crippen molar-refractivity contribution in [3.8, 4) is 22.5 Å². The summed E-state index contributed by atoms with van der Waals surface area (Å²) in [5.74, 6) is -0.725. The lowest BCUT2D eigenvalue weighted by atomic mass is 9.84. The second-order valence-corrected chi connectivity index (χ2v) is 15.8. The summed E-state index contributed by atoms with van der Waals surface area (Å²) in [5, 5.41) is 8.27. The number of ether oxygens (including phenoxy) is 3. The van der Waals surface area contributed by atoms with Crippen LogP contribution in [-0.4, -0.2) is 101 Å². The van der Waals surface area contributed by atoms with Crippen LogP contribution >= 0.6 is 51.8 Å². The number of amides is 3. The zero-order valence-electron chi connectivity index (χ0n) is 32.6. The molecule has 2 fully saturated rings. The molecule has 0 spiro atoms. The van der Waals surface area contributed by atoms with Crippen molar-refractivity contribution in [2.45, 2.75) is 78.1 Å². The number of hydrogen-bond donors (Lipinski definition) is 2. The number of esters is 1. The third-order valence-corrected chi connectivity index (χ3v) is 11.3. The van der Waals surface area contributed by atoms with Gasteiger partial charge in [-0.2, -0.15) is 40.5 Å². The molecular formula is C39H55N7O6S4. The number of rotatable bonds is 5. The quantitative estimate of drug-likeness (QED) is 0.251. The molecule has 6 heterocycles. The fourth-order valence-corrected chi connectivity index (χ4v) is 8.42. The van der Waals surface area contributed by atoms with Crippen LogP contribution in [0.5, 0.6) is 0 Å². The van der Waals surface area contributed by atoms with E-state index in [4.69, 9.17) is 24.2 Å². The Morgan fingerprint density at radius 3 is 2.64 bits per heavy atom. The highest BCUT2D eigenvalue weighted by atomic mass is 32.1. The minimum Gasteiger partial charge on any atom is -0.464 e. The molecule has 3 aromatic heterocycles. The molecule has 1 aromatic carbocycles. The Morgan fingerprint density at radius 1 is 1.14 bits per heavy atom. The lowest BCUT2D eigenvalue weighted by Crippen LogP contribution is -2.61. The van der Waals surface area contributed by atoms with Crippen LogP contribution in [0.2, 0.25) is 0 Å². The normalized spacial score (nSPS) is 20.4. The van der Waals surface area contributed by atoms with Crippen LogP contribution in [0.15, 0.2) is 41.9 Å². The van der Waals surface area contributed by atoms with E-state index < -0.39 is 23.5 Å². The van der Waals surface area contributed by atoms with E-state index in [0.29, 0.717) is 52.1 Å². The average molecular weight is 846 g/mol. The van der Waals surface area contributed by atoms with Crippen molar-refractivity contribution in [1.82, 2.24) is 35.2 Å². The van der Waals surface area contributed by atoms with Crippen molar-refractivity contribution in [3.05, 3.63) is 58.2 Å². The van der Waals surface area contributed by atoms with Crippen LogP contribution in [0.25, 0.3) is 33.4 Å². The molecule has 0 saturated carbocycles. The third-order valence-electron chi connectivity index (χ3n) is 10.4. The number of aryl methyl sites for hydroxylation is 1. The fourth-order valence-electron chi connectivity index (χ4n) is 7.57. The van der Waals surface area contributed by atoms with Crippen LogP contribution in [0, 0.1) is 5.41 Å². The largest absolute Gasteiger partial charge is 0.464 e. The monoisotopic (exact) mass is 845 g/mol. The Bertz CT molecular complexity index is 2000. The van der Waals surface area contributed by atoms with E-state index in [2.05, 4.69) is 60.3 Å². The maximum atomic E-state index is 14.1. The number of nitrogens with one attached hydrogen (secondary N) is 2. The third kappa shape index (κ3) is 9.51. The van der Waals surface area contributed by atoms with Crippen molar-refractivity contribution < 1.29 is 28.6 Å². The van der Waals surface area contributed by atoms with Crippen molar-refractivity contribution in [2.75, 3.05) is 46.6 Å². The van der Waals surface area contributed by atoms with Gasteiger partial charge in [0, 0.05) is 78.7 Å². The molecule has 0 unspecified atom stereocenters. The lowest BCUT2D eigenvalue weighted by molar-refractivity contribution is -0.155. The molecule has 2 N–H and O–H groups in total. The summed E-state index contributed by atoms with van der Waals surface area (Å²) in [4.78, 5) is 52.6. The predicted octanol–water partition coefficient (Wildman–Crippen LogP) is 5.47. The van der Waals surface area contributed by atoms with Crippen LogP contribution in [-0.2, 0) is 43.2 Å². The highest BCUT2D eigenvalue weighted by Gasteiger charge is 2.36. The van der Waals surface area contributed by atoms with Gasteiger partial charge >= 0.3 is 12.0 Å². The number of carbonyl (C=O) groups excluding carboxylic acids is 3. The van der Waals surface area contributed by atoms with Gasteiger partial charge < -0.3 is 29.0 Å². The van der Waals surface area contributed by atoms with Gasteiger partial charge in [-0.3, -0.25) is 19.6 Å². The Morgan fingerprint density at radius 2 is 1.91 bits per heavy atom. The van der Waals surface area contributed by atoms with Gasteiger partial charge in [0.25, 0.3) is 5.91 Å². The van der Waals surface area contributed by atoms with Crippen LogP contribution < -0.4 is 10.7 Å². The van der Waals surface area contributed by atoms with Gasteiger partial charge in [0.15, 0.2) is 0 Å². The van der Waals surface area contributed by atoms with E-state index in [1.165, 1.54) is 16.3 Å². The van der Waals surface area contributed by atoms with Crippen molar-refractivity contribution >= 4 is 80.6 Å². The summed E-state index contributed by atoms with van der Waals surface area (Å²) in [5.41, 5.74) is 9.58. The van der Waals surface area contributed by atoms with Gasteiger partial charge in [0.05, 0.1) is 48.0 Å². The number of nitrogens with zero attached hydrogens (tertiary/aromatic N) is 5. The molecule has 7 rings (SSSR count). The van der Waals surface area contributed by atoms with E-state index in [1.807, 2.05) is 18.4 Å². The number of methoxy groups -OCH3 is 1. The van der Waals surface area contributed by atoms with Gasteiger partial charge in [0.2, 0.25) is 0 Å². The SMILES string of the molecule is CCn1c(-c2cccnc2[C@H](C)OC)c2c3cc(ccc31)-c1csc(n1)C[C@H](NC(=O)N1CCOCC1)C(=O)N1CCC[C@H](N1)C(=O)OCC(C)(C)C2.S.S.S. The average Bonchev–Trinajstić information content (AvgIpc) is 3.77. The van der Waals surface area contributed by atoms with Gasteiger partial charge in [-0.1, -0.05) is 19.9 Å². The molecule has 13 nitrogen and oxygen atoms in total. The Labute approximate surface area is 353 Å². The Hall–Kier alpha value is -3.32. The molecule has 3 aliphatic rings. The number of fused-ring (bicyclic) bond motifs is 6. The molecule has 0 aliphatic carbocycles. The summed E-state index contributed by atoms with van der Waals surface area (Å²) < 4.78 is 19.6. The first-order valence-corrected chi connectivity index (χ1v) is 19.4. The van der Waals surface area contributed by atoms with E-state index in [9.17, 15) is 14.4 Å². The molecule has 3 amide bonds. The van der Waals surface area contributed by atoms with Gasteiger partial charge in [-0.25, -0.2) is 15.2 Å². The molecule has 17 heteroatoms. The molecule has 0 radical (unpaired) electrons. The highest BCUT2D eigenvalue weighted by molar-refractivity contribution is 7.59.